The second-order valence-corrected chi connectivity index (χ2v) is 8.98. The lowest BCUT2D eigenvalue weighted by molar-refractivity contribution is -0.138. The molecule has 7 nitrogen and oxygen atoms in total. The SMILES string of the molecule is CC1CN(Cc2ccc(F)cc2)CCN1C(=O)COc1ccc(Cl)cc1S(=O)(=O)O. The van der Waals surface area contributed by atoms with Gasteiger partial charge in [0, 0.05) is 37.2 Å². The van der Waals surface area contributed by atoms with Crippen LogP contribution in [0.25, 0.3) is 0 Å². The first-order valence-electron chi connectivity index (χ1n) is 9.29. The maximum absolute atomic E-state index is 13.0. The predicted octanol–water partition coefficient (Wildman–Crippen LogP) is 2.84. The summed E-state index contributed by atoms with van der Waals surface area (Å²) in [7, 11) is -4.54. The van der Waals surface area contributed by atoms with Crippen molar-refractivity contribution in [2.45, 2.75) is 24.4 Å². The lowest BCUT2D eigenvalue weighted by Gasteiger charge is -2.39. The lowest BCUT2D eigenvalue weighted by Crippen LogP contribution is -2.54. The van der Waals surface area contributed by atoms with E-state index in [1.165, 1.54) is 24.3 Å². The first-order chi connectivity index (χ1) is 14.1. The normalized spacial score (nSPS) is 17.7. The number of hydrogen-bond acceptors (Lipinski definition) is 5. The molecule has 30 heavy (non-hydrogen) atoms. The topological polar surface area (TPSA) is 87.2 Å². The Hall–Kier alpha value is -2.20. The summed E-state index contributed by atoms with van der Waals surface area (Å²) in [5.41, 5.74) is 0.993. The molecule has 0 bridgehead atoms. The minimum atomic E-state index is -4.54. The van der Waals surface area contributed by atoms with Gasteiger partial charge in [-0.3, -0.25) is 14.2 Å². The first kappa shape index (κ1) is 22.5. The van der Waals surface area contributed by atoms with Gasteiger partial charge in [0.15, 0.2) is 6.61 Å². The summed E-state index contributed by atoms with van der Waals surface area (Å²) in [5.74, 6) is -0.710. The molecular formula is C20H22ClFN2O5S. The van der Waals surface area contributed by atoms with Gasteiger partial charge in [0.2, 0.25) is 0 Å². The van der Waals surface area contributed by atoms with Gasteiger partial charge in [-0.2, -0.15) is 8.42 Å². The van der Waals surface area contributed by atoms with E-state index in [0.29, 0.717) is 26.2 Å². The number of piperazine rings is 1. The van der Waals surface area contributed by atoms with Crippen molar-refractivity contribution >= 4 is 27.6 Å². The quantitative estimate of drug-likeness (QED) is 0.672. The van der Waals surface area contributed by atoms with Crippen molar-refractivity contribution in [1.82, 2.24) is 9.80 Å². The third-order valence-electron chi connectivity index (χ3n) is 4.89. The van der Waals surface area contributed by atoms with Crippen molar-refractivity contribution in [1.29, 1.82) is 0 Å². The van der Waals surface area contributed by atoms with Gasteiger partial charge in [-0.15, -0.1) is 0 Å². The molecule has 1 unspecified atom stereocenters. The Kier molecular flexibility index (Phi) is 6.97. The van der Waals surface area contributed by atoms with Crippen molar-refractivity contribution in [2.24, 2.45) is 0 Å². The zero-order valence-electron chi connectivity index (χ0n) is 16.3. The van der Waals surface area contributed by atoms with Crippen LogP contribution in [0.1, 0.15) is 12.5 Å². The molecule has 0 radical (unpaired) electrons. The maximum Gasteiger partial charge on any atom is 0.298 e. The van der Waals surface area contributed by atoms with Crippen LogP contribution in [0.5, 0.6) is 5.75 Å². The molecule has 1 N–H and O–H groups in total. The summed E-state index contributed by atoms with van der Waals surface area (Å²) in [6.45, 7) is 3.97. The van der Waals surface area contributed by atoms with E-state index in [4.69, 9.17) is 16.3 Å². The molecule has 0 aliphatic carbocycles. The number of ether oxygens (including phenoxy) is 1. The molecule has 1 heterocycles. The summed E-state index contributed by atoms with van der Waals surface area (Å²) in [6.07, 6.45) is 0. The molecule has 1 atom stereocenters. The number of hydrogen-bond donors (Lipinski definition) is 1. The Bertz CT molecular complexity index is 1020. The van der Waals surface area contributed by atoms with Crippen molar-refractivity contribution in [3.05, 3.63) is 58.9 Å². The Labute approximate surface area is 179 Å². The molecule has 1 amide bonds. The standard InChI is InChI=1S/C20H22ClFN2O5S/c1-14-11-23(12-15-2-5-17(22)6-3-15)8-9-24(14)20(25)13-29-18-7-4-16(21)10-19(18)30(26,27)28/h2-7,10,14H,8-9,11-13H2,1H3,(H,26,27,28). The number of halogens is 2. The van der Waals surface area contributed by atoms with E-state index in [2.05, 4.69) is 4.90 Å². The van der Waals surface area contributed by atoms with Crippen LogP contribution in [0.2, 0.25) is 5.02 Å². The molecule has 3 rings (SSSR count). The van der Waals surface area contributed by atoms with Gasteiger partial charge in [-0.05, 0) is 42.8 Å². The Morgan fingerprint density at radius 3 is 2.57 bits per heavy atom. The number of rotatable bonds is 6. The fourth-order valence-corrected chi connectivity index (χ4v) is 4.31. The fraction of sp³-hybridized carbons (Fsp3) is 0.350. The average molecular weight is 457 g/mol. The first-order valence-corrected chi connectivity index (χ1v) is 11.1. The molecule has 10 heteroatoms. The van der Waals surface area contributed by atoms with Gasteiger partial charge in [-0.25, -0.2) is 4.39 Å². The maximum atomic E-state index is 13.0. The highest BCUT2D eigenvalue weighted by atomic mass is 35.5. The van der Waals surface area contributed by atoms with Gasteiger partial charge in [0.1, 0.15) is 16.5 Å². The third-order valence-corrected chi connectivity index (χ3v) is 6.00. The van der Waals surface area contributed by atoms with Crippen LogP contribution in [0.3, 0.4) is 0 Å². The third kappa shape index (κ3) is 5.69. The number of benzene rings is 2. The van der Waals surface area contributed by atoms with Gasteiger partial charge >= 0.3 is 0 Å². The smallest absolute Gasteiger partial charge is 0.298 e. The summed E-state index contributed by atoms with van der Waals surface area (Å²) in [6, 6.07) is 10.0. The minimum Gasteiger partial charge on any atom is -0.482 e. The van der Waals surface area contributed by atoms with Crippen LogP contribution in [0.15, 0.2) is 47.4 Å². The highest BCUT2D eigenvalue weighted by molar-refractivity contribution is 7.86. The lowest BCUT2D eigenvalue weighted by atomic mass is 10.1. The van der Waals surface area contributed by atoms with Crippen molar-refractivity contribution in [3.63, 3.8) is 0 Å². The fourth-order valence-electron chi connectivity index (χ4n) is 3.42. The monoisotopic (exact) mass is 456 g/mol. The Balaban J connectivity index is 1.58. The van der Waals surface area contributed by atoms with E-state index in [9.17, 15) is 22.2 Å². The molecule has 2 aromatic carbocycles. The van der Waals surface area contributed by atoms with Crippen LogP contribution in [-0.4, -0.2) is 61.0 Å². The second kappa shape index (κ2) is 9.30. The zero-order valence-corrected chi connectivity index (χ0v) is 17.9. The zero-order chi connectivity index (χ0) is 21.9. The molecule has 1 saturated heterocycles. The minimum absolute atomic E-state index is 0.0819. The molecular weight excluding hydrogens is 435 g/mol. The Morgan fingerprint density at radius 1 is 1.23 bits per heavy atom. The number of nitrogens with zero attached hydrogens (tertiary/aromatic N) is 2. The van der Waals surface area contributed by atoms with E-state index in [0.717, 1.165) is 11.6 Å². The van der Waals surface area contributed by atoms with Crippen LogP contribution in [0, 0.1) is 5.82 Å². The number of carbonyl (C=O) groups is 1. The number of amides is 1. The van der Waals surface area contributed by atoms with Crippen molar-refractivity contribution < 1.29 is 26.9 Å². The molecule has 0 spiro atoms. The van der Waals surface area contributed by atoms with E-state index in [1.807, 2.05) is 6.92 Å². The van der Waals surface area contributed by atoms with Gasteiger partial charge in [-0.1, -0.05) is 23.7 Å². The summed E-state index contributed by atoms with van der Waals surface area (Å²) < 4.78 is 50.8. The summed E-state index contributed by atoms with van der Waals surface area (Å²) >= 11 is 5.78. The van der Waals surface area contributed by atoms with Gasteiger partial charge in [0.25, 0.3) is 16.0 Å². The highest BCUT2D eigenvalue weighted by Crippen LogP contribution is 2.27. The largest absolute Gasteiger partial charge is 0.482 e. The molecule has 162 valence electrons. The average Bonchev–Trinajstić information content (AvgIpc) is 2.68. The van der Waals surface area contributed by atoms with Crippen LogP contribution < -0.4 is 4.74 Å². The van der Waals surface area contributed by atoms with E-state index >= 15 is 0 Å². The van der Waals surface area contributed by atoms with E-state index in [1.54, 1.807) is 17.0 Å². The van der Waals surface area contributed by atoms with Gasteiger partial charge < -0.3 is 9.64 Å². The van der Waals surface area contributed by atoms with E-state index in [-0.39, 0.29) is 35.1 Å². The van der Waals surface area contributed by atoms with Gasteiger partial charge in [0.05, 0.1) is 0 Å². The van der Waals surface area contributed by atoms with Crippen molar-refractivity contribution in [3.8, 4) is 5.75 Å². The highest BCUT2D eigenvalue weighted by Gasteiger charge is 2.28. The van der Waals surface area contributed by atoms with Crippen molar-refractivity contribution in [2.75, 3.05) is 26.2 Å². The molecule has 0 saturated carbocycles. The molecule has 1 aliphatic rings. The molecule has 1 fully saturated rings. The Morgan fingerprint density at radius 2 is 1.93 bits per heavy atom. The second-order valence-electron chi connectivity index (χ2n) is 7.15. The number of carbonyl (C=O) groups excluding carboxylic acids is 1. The van der Waals surface area contributed by atoms with Crippen LogP contribution in [-0.2, 0) is 21.5 Å². The summed E-state index contributed by atoms with van der Waals surface area (Å²) in [4.78, 5) is 16.0. The van der Waals surface area contributed by atoms with Crippen LogP contribution in [0.4, 0.5) is 4.39 Å². The molecule has 1 aliphatic heterocycles. The predicted molar refractivity (Wildman–Crippen MR) is 110 cm³/mol. The summed E-state index contributed by atoms with van der Waals surface area (Å²) in [5, 5.41) is 0.118. The van der Waals surface area contributed by atoms with Crippen LogP contribution >= 0.6 is 11.6 Å². The molecule has 2 aromatic rings. The van der Waals surface area contributed by atoms with E-state index < -0.39 is 15.0 Å². The molecule has 0 aromatic heterocycles.